The Labute approximate surface area is 159 Å². The minimum absolute atomic E-state index is 0.0693. The monoisotopic (exact) mass is 372 g/mol. The van der Waals surface area contributed by atoms with E-state index in [-0.39, 0.29) is 12.1 Å². The summed E-state index contributed by atoms with van der Waals surface area (Å²) in [5.41, 5.74) is -0.478. The van der Waals surface area contributed by atoms with Crippen molar-refractivity contribution in [2.24, 2.45) is 10.9 Å². The van der Waals surface area contributed by atoms with Gasteiger partial charge in [-0.1, -0.05) is 13.8 Å². The highest BCUT2D eigenvalue weighted by atomic mass is 16.6. The zero-order valence-electron chi connectivity index (χ0n) is 18.0. The van der Waals surface area contributed by atoms with Crippen molar-refractivity contribution in [2.75, 3.05) is 40.4 Å². The predicted molar refractivity (Wildman–Crippen MR) is 108 cm³/mol. The maximum absolute atomic E-state index is 12.1. The van der Waals surface area contributed by atoms with E-state index in [0.717, 1.165) is 45.1 Å². The van der Waals surface area contributed by atoms with Gasteiger partial charge in [0.15, 0.2) is 5.96 Å². The molecule has 0 aliphatic heterocycles. The molecule has 0 aliphatic rings. The molecular weight excluding hydrogens is 332 g/mol. The molecule has 1 unspecified atom stereocenters. The van der Waals surface area contributed by atoms with Crippen molar-refractivity contribution in [3.8, 4) is 0 Å². The van der Waals surface area contributed by atoms with E-state index >= 15 is 0 Å². The van der Waals surface area contributed by atoms with Crippen molar-refractivity contribution < 1.29 is 14.3 Å². The lowest BCUT2D eigenvalue weighted by Crippen LogP contribution is -2.43. The van der Waals surface area contributed by atoms with Crippen LogP contribution in [0.1, 0.15) is 54.4 Å². The number of guanidine groups is 1. The number of rotatable bonds is 10. The number of ether oxygens (including phenoxy) is 2. The SMILES string of the molecule is CN=C(NCCCOCC(C)C)NCCC(C)N(C)C(=O)OC(C)(C)C. The van der Waals surface area contributed by atoms with Gasteiger partial charge in [-0.15, -0.1) is 0 Å². The molecule has 2 N–H and O–H groups in total. The predicted octanol–water partition coefficient (Wildman–Crippen LogP) is 2.86. The van der Waals surface area contributed by atoms with Crippen LogP contribution in [0.2, 0.25) is 0 Å². The van der Waals surface area contributed by atoms with Crippen LogP contribution in [0, 0.1) is 5.92 Å². The summed E-state index contributed by atoms with van der Waals surface area (Å²) in [7, 11) is 3.52. The number of aliphatic imine (C=N–C) groups is 1. The molecule has 0 spiro atoms. The van der Waals surface area contributed by atoms with Gasteiger partial charge in [0.25, 0.3) is 0 Å². The molecule has 0 rings (SSSR count). The van der Waals surface area contributed by atoms with Gasteiger partial charge in [-0.2, -0.15) is 0 Å². The maximum Gasteiger partial charge on any atom is 0.410 e. The third kappa shape index (κ3) is 12.8. The summed E-state index contributed by atoms with van der Waals surface area (Å²) in [6, 6.07) is 0.0693. The number of hydrogen-bond acceptors (Lipinski definition) is 4. The maximum atomic E-state index is 12.1. The molecule has 0 fully saturated rings. The third-order valence-electron chi connectivity index (χ3n) is 3.63. The molecule has 0 saturated heterocycles. The molecule has 0 aromatic heterocycles. The van der Waals surface area contributed by atoms with Gasteiger partial charge in [-0.05, 0) is 46.5 Å². The van der Waals surface area contributed by atoms with Gasteiger partial charge >= 0.3 is 6.09 Å². The van der Waals surface area contributed by atoms with Crippen molar-refractivity contribution in [3.63, 3.8) is 0 Å². The second-order valence-electron chi connectivity index (χ2n) is 7.98. The van der Waals surface area contributed by atoms with E-state index < -0.39 is 5.60 Å². The lowest BCUT2D eigenvalue weighted by molar-refractivity contribution is 0.0230. The number of amides is 1. The fourth-order valence-electron chi connectivity index (χ4n) is 2.03. The van der Waals surface area contributed by atoms with E-state index in [0.29, 0.717) is 5.92 Å². The van der Waals surface area contributed by atoms with E-state index in [2.05, 4.69) is 29.5 Å². The largest absolute Gasteiger partial charge is 0.444 e. The van der Waals surface area contributed by atoms with Gasteiger partial charge in [-0.3, -0.25) is 4.99 Å². The molecule has 154 valence electrons. The second-order valence-corrected chi connectivity index (χ2v) is 7.98. The average molecular weight is 373 g/mol. The van der Waals surface area contributed by atoms with Crippen LogP contribution in [-0.4, -0.2) is 69.0 Å². The summed E-state index contributed by atoms with van der Waals surface area (Å²) in [5.74, 6) is 1.33. The van der Waals surface area contributed by atoms with Gasteiger partial charge in [0.05, 0.1) is 0 Å². The number of carbonyl (C=O) groups excluding carboxylic acids is 1. The molecule has 0 aliphatic carbocycles. The van der Waals surface area contributed by atoms with Crippen molar-refractivity contribution in [2.45, 2.75) is 66.0 Å². The normalized spacial score (nSPS) is 13.5. The minimum Gasteiger partial charge on any atom is -0.444 e. The van der Waals surface area contributed by atoms with Crippen LogP contribution in [-0.2, 0) is 9.47 Å². The number of hydrogen-bond donors (Lipinski definition) is 2. The quantitative estimate of drug-likeness (QED) is 0.350. The van der Waals surface area contributed by atoms with Crippen LogP contribution >= 0.6 is 0 Å². The molecule has 7 nitrogen and oxygen atoms in total. The standard InChI is InChI=1S/C19H40N4O3/c1-15(2)14-25-13-9-11-21-17(20-7)22-12-10-16(3)23(8)18(24)26-19(4,5)6/h15-16H,9-14H2,1-8H3,(H2,20,21,22). The van der Waals surface area contributed by atoms with Crippen molar-refractivity contribution in [3.05, 3.63) is 0 Å². The van der Waals surface area contributed by atoms with Gasteiger partial charge in [0.1, 0.15) is 5.60 Å². The Morgan fingerprint density at radius 2 is 1.77 bits per heavy atom. The number of nitrogens with one attached hydrogen (secondary N) is 2. The Bertz CT molecular complexity index is 419. The van der Waals surface area contributed by atoms with Crippen molar-refractivity contribution >= 4 is 12.1 Å². The van der Waals surface area contributed by atoms with Gasteiger partial charge in [0, 0.05) is 46.4 Å². The first kappa shape index (κ1) is 24.5. The first-order chi connectivity index (χ1) is 12.1. The molecule has 0 bridgehead atoms. The zero-order chi connectivity index (χ0) is 20.2. The molecule has 7 heteroatoms. The fourth-order valence-corrected chi connectivity index (χ4v) is 2.03. The van der Waals surface area contributed by atoms with Crippen LogP contribution in [0.15, 0.2) is 4.99 Å². The molecule has 0 heterocycles. The topological polar surface area (TPSA) is 75.2 Å². The molecular formula is C19H40N4O3. The summed E-state index contributed by atoms with van der Waals surface area (Å²) >= 11 is 0. The first-order valence-electron chi connectivity index (χ1n) is 9.55. The van der Waals surface area contributed by atoms with Crippen molar-refractivity contribution in [1.29, 1.82) is 0 Å². The lowest BCUT2D eigenvalue weighted by Gasteiger charge is -2.28. The molecule has 0 aromatic rings. The summed E-state index contributed by atoms with van der Waals surface area (Å²) in [6.45, 7) is 15.0. The van der Waals surface area contributed by atoms with E-state index in [1.807, 2.05) is 27.7 Å². The molecule has 0 saturated carbocycles. The molecule has 0 aromatic carbocycles. The number of carbonyl (C=O) groups is 1. The van der Waals surface area contributed by atoms with Gasteiger partial charge < -0.3 is 25.0 Å². The van der Waals surface area contributed by atoms with Crippen LogP contribution in [0.3, 0.4) is 0 Å². The Morgan fingerprint density at radius 1 is 1.15 bits per heavy atom. The van der Waals surface area contributed by atoms with E-state index in [4.69, 9.17) is 9.47 Å². The van der Waals surface area contributed by atoms with Gasteiger partial charge in [0.2, 0.25) is 0 Å². The Morgan fingerprint density at radius 3 is 2.31 bits per heavy atom. The van der Waals surface area contributed by atoms with E-state index in [1.54, 1.807) is 19.0 Å². The summed E-state index contributed by atoms with van der Waals surface area (Å²) < 4.78 is 10.9. The summed E-state index contributed by atoms with van der Waals surface area (Å²) in [4.78, 5) is 17.9. The first-order valence-corrected chi connectivity index (χ1v) is 9.55. The fraction of sp³-hybridized carbons (Fsp3) is 0.895. The lowest BCUT2D eigenvalue weighted by atomic mass is 10.2. The van der Waals surface area contributed by atoms with Gasteiger partial charge in [-0.25, -0.2) is 4.79 Å². The van der Waals surface area contributed by atoms with Crippen LogP contribution in [0.5, 0.6) is 0 Å². The molecule has 1 atom stereocenters. The molecule has 0 radical (unpaired) electrons. The van der Waals surface area contributed by atoms with Crippen molar-refractivity contribution in [1.82, 2.24) is 15.5 Å². The Kier molecular flexibility index (Phi) is 12.1. The summed E-state index contributed by atoms with van der Waals surface area (Å²) in [6.07, 6.45) is 1.44. The highest BCUT2D eigenvalue weighted by Gasteiger charge is 2.22. The molecule has 1 amide bonds. The molecule has 26 heavy (non-hydrogen) atoms. The minimum atomic E-state index is -0.478. The highest BCUT2D eigenvalue weighted by Crippen LogP contribution is 2.11. The number of nitrogens with zero attached hydrogens (tertiary/aromatic N) is 2. The summed E-state index contributed by atoms with van der Waals surface area (Å²) in [5, 5.41) is 6.54. The second kappa shape index (κ2) is 12.8. The Balaban J connectivity index is 3.98. The average Bonchev–Trinajstić information content (AvgIpc) is 2.53. The Hall–Kier alpha value is -1.50. The van der Waals surface area contributed by atoms with Crippen LogP contribution in [0.25, 0.3) is 0 Å². The highest BCUT2D eigenvalue weighted by molar-refractivity contribution is 5.79. The zero-order valence-corrected chi connectivity index (χ0v) is 18.0. The van der Waals surface area contributed by atoms with E-state index in [9.17, 15) is 4.79 Å². The van der Waals surface area contributed by atoms with Crippen LogP contribution in [0.4, 0.5) is 4.79 Å². The van der Waals surface area contributed by atoms with E-state index in [1.165, 1.54) is 0 Å². The third-order valence-corrected chi connectivity index (χ3v) is 3.63. The van der Waals surface area contributed by atoms with Crippen LogP contribution < -0.4 is 10.6 Å². The smallest absolute Gasteiger partial charge is 0.410 e.